The van der Waals surface area contributed by atoms with Crippen molar-refractivity contribution < 1.29 is 244 Å². The number of fused-ring (bicyclic) bond motifs is 5. The van der Waals surface area contributed by atoms with Crippen LogP contribution in [0.3, 0.4) is 0 Å². The highest BCUT2D eigenvalue weighted by molar-refractivity contribution is 5.39. The van der Waals surface area contributed by atoms with Crippen LogP contribution in [0.4, 0.5) is 0 Å². The molecule has 0 aromatic carbocycles. The van der Waals surface area contributed by atoms with Crippen molar-refractivity contribution in [1.82, 2.24) is 0 Å². The summed E-state index contributed by atoms with van der Waals surface area (Å²) in [6.45, 7) is 11.4. The Labute approximate surface area is 777 Å². The van der Waals surface area contributed by atoms with Gasteiger partial charge in [-0.2, -0.15) is 0 Å². The summed E-state index contributed by atoms with van der Waals surface area (Å²) in [6, 6.07) is 0. The van der Waals surface area contributed by atoms with Gasteiger partial charge < -0.3 is 244 Å². The second-order valence-electron chi connectivity index (χ2n) is 41.1. The first-order valence-corrected chi connectivity index (χ1v) is 46.4. The van der Waals surface area contributed by atoms with E-state index in [1.165, 1.54) is 13.8 Å². The molecule has 11 unspecified atom stereocenters. The van der Waals surface area contributed by atoms with Crippen molar-refractivity contribution in [1.29, 1.82) is 0 Å². The third-order valence-electron chi connectivity index (χ3n) is 33.0. The van der Waals surface area contributed by atoms with Crippen molar-refractivity contribution >= 4 is 0 Å². The first-order valence-electron chi connectivity index (χ1n) is 46.4. The van der Waals surface area contributed by atoms with Crippen LogP contribution in [0.15, 0.2) is 11.6 Å². The molecule has 13 aliphatic rings. The van der Waals surface area contributed by atoms with Crippen LogP contribution >= 0.6 is 0 Å². The van der Waals surface area contributed by atoms with E-state index in [4.69, 9.17) is 85.3 Å². The molecule has 49 heteroatoms. The van der Waals surface area contributed by atoms with Gasteiger partial charge >= 0.3 is 0 Å². The van der Waals surface area contributed by atoms with Crippen LogP contribution < -0.4 is 0 Å². The molecule has 9 heterocycles. The van der Waals surface area contributed by atoms with Crippen LogP contribution in [0.5, 0.6) is 0 Å². The smallest absolute Gasteiger partial charge is 0.187 e. The molecular formula is C86H146O49. The summed E-state index contributed by atoms with van der Waals surface area (Å²) in [5.41, 5.74) is -4.99. The average molecular weight is 1960 g/mol. The van der Waals surface area contributed by atoms with E-state index in [0.717, 1.165) is 12.0 Å². The summed E-state index contributed by atoms with van der Waals surface area (Å²) >= 11 is 0. The van der Waals surface area contributed by atoms with E-state index >= 15 is 0 Å². The molecule has 9 aliphatic heterocycles. The number of hydrogen-bond acceptors (Lipinski definition) is 49. The van der Waals surface area contributed by atoms with E-state index in [1.807, 2.05) is 13.8 Å². The molecule has 784 valence electrons. The lowest BCUT2D eigenvalue weighted by Crippen LogP contribution is -2.72. The van der Waals surface area contributed by atoms with Gasteiger partial charge in [0, 0.05) is 10.8 Å². The SMILES string of the molecule is C[C@H](CC[C@@H](OC1O[C@H](CO)[C@@H](OC2O[C@H](CO)[C@@H](O)[C@H](O)[C@H]2O)[C@H](O)[C@H]1OC1O[C@H](CO)[C@@H](OC2O[C@H](CO)[C@@H](O)[C@H](O)[C@H]2O)[C@H](O)[C@H]1O)C(C)(C)O)C1CC[C@@]2(C)[C@]3(C)CC=C4C(C)(C)[C@@H](OC5O[C@H](CO)[C@@H](OC6O[C@H](CO)[C@@H](OC7O[C@H](CO)[C@@H](OC8O[C@H](CO)[C@@H](OC9O[C@H](CO)[C@@H](O)[C@H](O)[C@H]9O)[C@H](O)[C@H]8O)[C@H](O)[C@H]7O)[C@H](O)[C@H]6O)[C@H](O)[C@H]5O)CC[C@@]4(C)[C@]3(C)C(O)C[C@]12C. The van der Waals surface area contributed by atoms with Crippen LogP contribution in [0.2, 0.25) is 0 Å². The standard InChI is InChI=1S/C86H146O49/c1-29(11-12-43(81(4,5)117)128-79-70(63(116)69(39(28-95)126-79)134-74-57(110)49(102)46(99)33(22-89)120-74)135-78-62(115)54(107)66(38(27-94)125-78)130-73-56(109)48(101)45(98)32(21-88)119-73)30-13-17-84(8)83(30,7)19-41(96)86(10)82(6)16-15-42(80(2,3)40(82)14-18-85(84,86)9)127-71-58(111)50(103)64(34(23-90)121-71)131-75-60(113)52(105)67(36(25-92)123-75)133-77-61(114)53(106)68(37(26-93)124-77)132-76-59(112)51(104)65(35(24-91)122-76)129-72-55(108)47(100)44(97)31(20-87)118-72/h14,29-39,41-79,87-117H,11-13,15-28H2,1-10H3/t29-,30?,31-,32-,33-,34-,35-,36-,37-,38-,39-,41?,42+,43-,44-,45-,46-,47+,48+,49+,50-,51-,52-,53-,54-,55-,56-,57-,58-,59-,60-,61-,62-,63+,64-,65-,66-,67-,68-,69-,70-,71?,72?,73?,74?,75?,76?,77?,78?,79?,82-,83-,84-,85+,86+/m1/s1. The third kappa shape index (κ3) is 19.7. The molecule has 3 saturated carbocycles. The van der Waals surface area contributed by atoms with Gasteiger partial charge in [0.1, 0.15) is 220 Å². The molecule has 4 aliphatic carbocycles. The van der Waals surface area contributed by atoms with Gasteiger partial charge in [-0.15, -0.1) is 0 Å². The fourth-order valence-electron chi connectivity index (χ4n) is 24.3. The fraction of sp³-hybridized carbons (Fsp3) is 0.977. The van der Waals surface area contributed by atoms with Crippen molar-refractivity contribution in [2.45, 2.75) is 421 Å². The van der Waals surface area contributed by atoms with E-state index in [2.05, 4.69) is 47.6 Å². The maximum atomic E-state index is 13.4. The van der Waals surface area contributed by atoms with Crippen molar-refractivity contribution in [2.75, 3.05) is 59.5 Å². The first kappa shape index (κ1) is 110. The summed E-state index contributed by atoms with van der Waals surface area (Å²) in [5.74, 6) is -0.268. The van der Waals surface area contributed by atoms with Crippen LogP contribution in [0.25, 0.3) is 0 Å². The zero-order valence-corrected chi connectivity index (χ0v) is 76.7. The Morgan fingerprint density at radius 3 is 0.919 bits per heavy atom. The predicted molar refractivity (Wildman–Crippen MR) is 440 cm³/mol. The highest BCUT2D eigenvalue weighted by atomic mass is 16.8. The first-order chi connectivity index (χ1) is 63.4. The van der Waals surface area contributed by atoms with Gasteiger partial charge in [0.2, 0.25) is 0 Å². The minimum atomic E-state index is -2.21. The van der Waals surface area contributed by atoms with Gasteiger partial charge in [0.25, 0.3) is 0 Å². The monoisotopic (exact) mass is 1960 g/mol. The number of rotatable bonds is 32. The van der Waals surface area contributed by atoms with Gasteiger partial charge in [-0.3, -0.25) is 0 Å². The Morgan fingerprint density at radius 1 is 0.326 bits per heavy atom. The quantitative estimate of drug-likeness (QED) is 0.0278. The number of allylic oxidation sites excluding steroid dienone is 1. The van der Waals surface area contributed by atoms with E-state index in [0.29, 0.717) is 38.5 Å². The lowest BCUT2D eigenvalue weighted by atomic mass is 9.29. The molecule has 49 nitrogen and oxygen atoms in total. The van der Waals surface area contributed by atoms with Crippen LogP contribution in [-0.2, 0) is 85.3 Å². The molecule has 0 amide bonds. The molecule has 13 rings (SSSR count). The minimum absolute atomic E-state index is 0.0576. The second-order valence-corrected chi connectivity index (χ2v) is 41.1. The lowest BCUT2D eigenvalue weighted by molar-refractivity contribution is -0.400. The molecule has 9 saturated heterocycles. The Kier molecular flexibility index (Phi) is 35.1. The Morgan fingerprint density at radius 2 is 0.607 bits per heavy atom. The van der Waals surface area contributed by atoms with Gasteiger partial charge in [0.15, 0.2) is 56.6 Å². The summed E-state index contributed by atoms with van der Waals surface area (Å²) in [7, 11) is 0. The molecule has 31 N–H and O–H groups in total. The molecule has 12 fully saturated rings. The summed E-state index contributed by atoms with van der Waals surface area (Å²) in [6.07, 6.45) is -82.8. The molecule has 0 aromatic heterocycles. The topological polar surface area (TPSA) is 793 Å². The Bertz CT molecular complexity index is 3790. The van der Waals surface area contributed by atoms with Gasteiger partial charge in [0.05, 0.1) is 83.4 Å². The molecule has 0 aromatic rings. The van der Waals surface area contributed by atoms with Crippen molar-refractivity contribution in [3.05, 3.63) is 11.6 Å². The second kappa shape index (κ2) is 43.1. The summed E-state index contributed by atoms with van der Waals surface area (Å²) < 4.78 is 107. The van der Waals surface area contributed by atoms with Gasteiger partial charge in [-0.05, 0) is 98.7 Å². The van der Waals surface area contributed by atoms with E-state index < -0.39 is 392 Å². The number of hydrogen-bond donors (Lipinski definition) is 31. The van der Waals surface area contributed by atoms with E-state index in [1.54, 1.807) is 0 Å². The normalized spacial score (nSPS) is 53.1. The van der Waals surface area contributed by atoms with Gasteiger partial charge in [-0.1, -0.05) is 67.0 Å². The Hall–Kier alpha value is -2.22. The third-order valence-corrected chi connectivity index (χ3v) is 33.0. The van der Waals surface area contributed by atoms with Crippen molar-refractivity contribution in [2.24, 2.45) is 44.3 Å². The van der Waals surface area contributed by atoms with Crippen LogP contribution in [0, 0.1) is 44.3 Å². The van der Waals surface area contributed by atoms with E-state index in [9.17, 15) is 158 Å². The average Bonchev–Trinajstić information content (AvgIpc) is 1.62. The summed E-state index contributed by atoms with van der Waals surface area (Å²) in [5, 5.41) is 343. The van der Waals surface area contributed by atoms with Gasteiger partial charge in [-0.25, -0.2) is 0 Å². The zero-order valence-electron chi connectivity index (χ0n) is 76.7. The summed E-state index contributed by atoms with van der Waals surface area (Å²) in [4.78, 5) is 0. The van der Waals surface area contributed by atoms with Crippen LogP contribution in [0.1, 0.15) is 121 Å². The Balaban J connectivity index is 0.648. The molecule has 55 atom stereocenters. The minimum Gasteiger partial charge on any atom is -0.394 e. The highest BCUT2D eigenvalue weighted by Gasteiger charge is 2.78. The van der Waals surface area contributed by atoms with E-state index in [-0.39, 0.29) is 18.3 Å². The van der Waals surface area contributed by atoms with Crippen LogP contribution in [-0.4, -0.2) is 518 Å². The zero-order chi connectivity index (χ0) is 99.4. The lowest BCUT2D eigenvalue weighted by Gasteiger charge is -2.75. The largest absolute Gasteiger partial charge is 0.394 e. The van der Waals surface area contributed by atoms with Crippen molar-refractivity contribution in [3.8, 4) is 0 Å². The molecular weight excluding hydrogens is 1820 g/mol. The maximum absolute atomic E-state index is 13.4. The highest BCUT2D eigenvalue weighted by Crippen LogP contribution is 2.82. The maximum Gasteiger partial charge on any atom is 0.187 e. The van der Waals surface area contributed by atoms with Crippen molar-refractivity contribution in [3.63, 3.8) is 0 Å². The molecule has 0 spiro atoms. The predicted octanol–water partition coefficient (Wildman–Crippen LogP) is -13.3. The fourth-order valence-corrected chi connectivity index (χ4v) is 24.3. The number of aliphatic hydroxyl groups is 31. The molecule has 135 heavy (non-hydrogen) atoms. The molecule has 0 bridgehead atoms. The molecule has 0 radical (unpaired) electrons. The number of aliphatic hydroxyl groups excluding tert-OH is 30. The number of ether oxygens (including phenoxy) is 18.